The van der Waals surface area contributed by atoms with Gasteiger partial charge in [-0.1, -0.05) is 13.3 Å². The number of unbranched alkanes of at least 4 members (excludes halogenated alkanes) is 1. The van der Waals surface area contributed by atoms with E-state index in [-0.39, 0.29) is 19.0 Å². The van der Waals surface area contributed by atoms with Crippen LogP contribution in [0.2, 0.25) is 0 Å². The lowest BCUT2D eigenvalue weighted by Crippen LogP contribution is -2.39. The van der Waals surface area contributed by atoms with E-state index in [1.165, 1.54) is 31.0 Å². The number of rotatable bonds is 9. The molecule has 0 amide bonds. The van der Waals surface area contributed by atoms with E-state index in [1.807, 2.05) is 0 Å². The molecule has 0 aliphatic carbocycles. The SMILES string of the molecule is CCCCC(OC)(OC)OC[C@H]1OC[C@@H](n2ccc(N)nc2=O)O1. The molecule has 0 spiro atoms. The highest BCUT2D eigenvalue weighted by molar-refractivity contribution is 5.23. The van der Waals surface area contributed by atoms with Crippen LogP contribution in [0.15, 0.2) is 17.1 Å². The first-order chi connectivity index (χ1) is 11.5. The summed E-state index contributed by atoms with van der Waals surface area (Å²) in [5.74, 6) is -0.962. The van der Waals surface area contributed by atoms with Crippen LogP contribution >= 0.6 is 0 Å². The Morgan fingerprint density at radius 1 is 1.46 bits per heavy atom. The normalized spacial score (nSPS) is 21.3. The van der Waals surface area contributed by atoms with Crippen LogP contribution in [0.5, 0.6) is 0 Å². The van der Waals surface area contributed by atoms with E-state index >= 15 is 0 Å². The van der Waals surface area contributed by atoms with Gasteiger partial charge in [-0.05, 0) is 12.5 Å². The van der Waals surface area contributed by atoms with Gasteiger partial charge in [0.15, 0.2) is 12.5 Å². The third kappa shape index (κ3) is 4.52. The first-order valence-electron chi connectivity index (χ1n) is 7.89. The molecule has 2 rings (SSSR count). The number of hydrogen-bond donors (Lipinski definition) is 1. The molecule has 0 radical (unpaired) electrons. The van der Waals surface area contributed by atoms with Crippen molar-refractivity contribution < 1.29 is 23.7 Å². The van der Waals surface area contributed by atoms with Crippen LogP contribution in [-0.4, -0.2) is 49.2 Å². The molecule has 1 aliphatic heterocycles. The summed E-state index contributed by atoms with van der Waals surface area (Å²) < 4.78 is 29.0. The molecule has 0 aromatic carbocycles. The van der Waals surface area contributed by atoms with Crippen molar-refractivity contribution in [1.82, 2.24) is 9.55 Å². The molecule has 2 atom stereocenters. The molecule has 1 aliphatic rings. The minimum Gasteiger partial charge on any atom is -0.383 e. The number of methoxy groups -OCH3 is 2. The quantitative estimate of drug-likeness (QED) is 0.658. The van der Waals surface area contributed by atoms with E-state index in [2.05, 4.69) is 11.9 Å². The zero-order chi connectivity index (χ0) is 17.6. The van der Waals surface area contributed by atoms with Gasteiger partial charge in [0.1, 0.15) is 12.4 Å². The molecular weight excluding hydrogens is 318 g/mol. The van der Waals surface area contributed by atoms with Crippen LogP contribution < -0.4 is 11.4 Å². The summed E-state index contributed by atoms with van der Waals surface area (Å²) in [5, 5.41) is 0. The molecule has 2 heterocycles. The number of hydrogen-bond acceptors (Lipinski definition) is 8. The Hall–Kier alpha value is -1.52. The van der Waals surface area contributed by atoms with Crippen molar-refractivity contribution in [2.75, 3.05) is 33.2 Å². The third-order valence-electron chi connectivity index (χ3n) is 3.79. The largest absolute Gasteiger partial charge is 0.383 e. The fourth-order valence-electron chi connectivity index (χ4n) is 2.39. The number of nitrogens with two attached hydrogens (primary N) is 1. The molecule has 9 nitrogen and oxygen atoms in total. The fourth-order valence-corrected chi connectivity index (χ4v) is 2.39. The van der Waals surface area contributed by atoms with Crippen molar-refractivity contribution in [3.8, 4) is 0 Å². The Bertz CT molecular complexity index is 575. The molecule has 1 fully saturated rings. The van der Waals surface area contributed by atoms with Crippen molar-refractivity contribution in [1.29, 1.82) is 0 Å². The van der Waals surface area contributed by atoms with Gasteiger partial charge in [-0.2, -0.15) is 4.98 Å². The molecule has 1 saturated heterocycles. The lowest BCUT2D eigenvalue weighted by Gasteiger charge is -2.31. The Kier molecular flexibility index (Phi) is 6.69. The van der Waals surface area contributed by atoms with Crippen molar-refractivity contribution in [3.05, 3.63) is 22.7 Å². The van der Waals surface area contributed by atoms with Gasteiger partial charge in [0.05, 0.1) is 6.61 Å². The van der Waals surface area contributed by atoms with Crippen molar-refractivity contribution >= 4 is 5.82 Å². The summed E-state index contributed by atoms with van der Waals surface area (Å²) in [6, 6.07) is 1.53. The van der Waals surface area contributed by atoms with Gasteiger partial charge in [-0.3, -0.25) is 4.57 Å². The number of aromatic nitrogens is 2. The molecule has 24 heavy (non-hydrogen) atoms. The average molecular weight is 343 g/mol. The zero-order valence-corrected chi connectivity index (χ0v) is 14.3. The molecule has 0 bridgehead atoms. The second-order valence-corrected chi connectivity index (χ2v) is 5.40. The van der Waals surface area contributed by atoms with Gasteiger partial charge in [-0.15, -0.1) is 0 Å². The Morgan fingerprint density at radius 2 is 2.21 bits per heavy atom. The first-order valence-corrected chi connectivity index (χ1v) is 7.89. The average Bonchev–Trinajstić information content (AvgIpc) is 3.04. The van der Waals surface area contributed by atoms with Gasteiger partial charge >= 0.3 is 5.69 Å². The van der Waals surface area contributed by atoms with Crippen LogP contribution in [0.1, 0.15) is 32.4 Å². The van der Waals surface area contributed by atoms with E-state index in [4.69, 9.17) is 29.4 Å². The van der Waals surface area contributed by atoms with E-state index in [0.29, 0.717) is 6.42 Å². The van der Waals surface area contributed by atoms with E-state index in [9.17, 15) is 4.79 Å². The molecule has 9 heteroatoms. The summed E-state index contributed by atoms with van der Waals surface area (Å²) in [7, 11) is 3.05. The second-order valence-electron chi connectivity index (χ2n) is 5.40. The Labute approximate surface area is 140 Å². The van der Waals surface area contributed by atoms with Crippen LogP contribution in [0, 0.1) is 0 Å². The third-order valence-corrected chi connectivity index (χ3v) is 3.79. The maximum atomic E-state index is 11.8. The molecule has 2 N–H and O–H groups in total. The smallest absolute Gasteiger partial charge is 0.351 e. The molecule has 136 valence electrons. The van der Waals surface area contributed by atoms with Gasteiger partial charge in [0, 0.05) is 26.8 Å². The van der Waals surface area contributed by atoms with Crippen LogP contribution in [-0.2, 0) is 23.7 Å². The van der Waals surface area contributed by atoms with Gasteiger partial charge in [-0.25, -0.2) is 4.79 Å². The lowest BCUT2D eigenvalue weighted by atomic mass is 10.2. The van der Waals surface area contributed by atoms with Gasteiger partial charge < -0.3 is 29.4 Å². The highest BCUT2D eigenvalue weighted by atomic mass is 16.9. The zero-order valence-electron chi connectivity index (χ0n) is 14.3. The summed E-state index contributed by atoms with van der Waals surface area (Å²) >= 11 is 0. The standard InChI is InChI=1S/C15H25N3O6/c1-4-5-7-15(20-2,21-3)23-10-13-22-9-12(24-13)18-8-6-11(16)17-14(18)19/h6,8,12-13H,4-5,7,9-10H2,1-3H3,(H2,16,17,19)/t12-,13-/m0/s1. The first kappa shape index (κ1) is 18.8. The van der Waals surface area contributed by atoms with Crippen molar-refractivity contribution in [3.63, 3.8) is 0 Å². The van der Waals surface area contributed by atoms with Crippen molar-refractivity contribution in [2.24, 2.45) is 0 Å². The summed E-state index contributed by atoms with van der Waals surface area (Å²) in [6.07, 6.45) is 2.79. The molecule has 0 saturated carbocycles. The summed E-state index contributed by atoms with van der Waals surface area (Å²) in [4.78, 5) is 15.5. The summed E-state index contributed by atoms with van der Waals surface area (Å²) in [6.45, 7) is 2.39. The van der Waals surface area contributed by atoms with Crippen molar-refractivity contribution in [2.45, 2.75) is 44.7 Å². The number of nitrogens with zero attached hydrogens (tertiary/aromatic N) is 2. The highest BCUT2D eigenvalue weighted by Gasteiger charge is 2.35. The summed E-state index contributed by atoms with van der Waals surface area (Å²) in [5.41, 5.74) is 4.99. The Balaban J connectivity index is 1.92. The number of ether oxygens (including phenoxy) is 5. The maximum absolute atomic E-state index is 11.8. The number of anilines is 1. The topological polar surface area (TPSA) is 107 Å². The van der Waals surface area contributed by atoms with E-state index in [1.54, 1.807) is 0 Å². The lowest BCUT2D eigenvalue weighted by molar-refractivity contribution is -0.375. The van der Waals surface area contributed by atoms with E-state index < -0.39 is 24.2 Å². The van der Waals surface area contributed by atoms with E-state index in [0.717, 1.165) is 12.8 Å². The number of nitrogen functional groups attached to an aromatic ring is 1. The molecule has 1 aromatic heterocycles. The minimum absolute atomic E-state index is 0.110. The van der Waals surface area contributed by atoms with Crippen LogP contribution in [0.3, 0.4) is 0 Å². The molecule has 1 aromatic rings. The fraction of sp³-hybridized carbons (Fsp3) is 0.733. The highest BCUT2D eigenvalue weighted by Crippen LogP contribution is 2.25. The predicted octanol–water partition coefficient (Wildman–Crippen LogP) is 0.850. The monoisotopic (exact) mass is 343 g/mol. The Morgan fingerprint density at radius 3 is 2.83 bits per heavy atom. The second kappa shape index (κ2) is 8.54. The predicted molar refractivity (Wildman–Crippen MR) is 85.0 cm³/mol. The minimum atomic E-state index is -1.12. The van der Waals surface area contributed by atoms with Gasteiger partial charge in [0.2, 0.25) is 0 Å². The van der Waals surface area contributed by atoms with Gasteiger partial charge in [0.25, 0.3) is 5.97 Å². The molecular formula is C15H25N3O6. The van der Waals surface area contributed by atoms with Crippen LogP contribution in [0.4, 0.5) is 5.82 Å². The molecule has 0 unspecified atom stereocenters. The van der Waals surface area contributed by atoms with Crippen LogP contribution in [0.25, 0.3) is 0 Å². The maximum Gasteiger partial charge on any atom is 0.351 e.